The smallest absolute Gasteiger partial charge is 0.0700 e. The van der Waals surface area contributed by atoms with Crippen molar-refractivity contribution in [2.24, 2.45) is 0 Å². The second-order valence-corrected chi connectivity index (χ2v) is 4.50. The Balaban J connectivity index is 3.23. The van der Waals surface area contributed by atoms with Crippen LogP contribution in [0.3, 0.4) is 0 Å². The number of rotatable bonds is 13. The van der Waals surface area contributed by atoms with Crippen LogP contribution in [0.1, 0.15) is 52.4 Å². The van der Waals surface area contributed by atoms with Gasteiger partial charge in [0, 0.05) is 19.8 Å². The molecule has 0 aliphatic rings. The minimum Gasteiger partial charge on any atom is -0.382 e. The summed E-state index contributed by atoms with van der Waals surface area (Å²) in [6, 6.07) is 0.722. The summed E-state index contributed by atoms with van der Waals surface area (Å²) >= 11 is 0. The molecule has 1 N–H and O–H groups in total. The highest BCUT2D eigenvalue weighted by Crippen LogP contribution is 2.08. The molecule has 3 heteroatoms. The molecule has 0 saturated heterocycles. The van der Waals surface area contributed by atoms with Gasteiger partial charge in [-0.15, -0.1) is 0 Å². The Morgan fingerprint density at radius 1 is 0.941 bits per heavy atom. The van der Waals surface area contributed by atoms with Crippen LogP contribution in [0.4, 0.5) is 0 Å². The predicted octanol–water partition coefficient (Wildman–Crippen LogP) is 2.99. The van der Waals surface area contributed by atoms with E-state index >= 15 is 0 Å². The Kier molecular flexibility index (Phi) is 13.8. The van der Waals surface area contributed by atoms with E-state index in [0.717, 1.165) is 25.8 Å². The number of ether oxygens (including phenoxy) is 2. The summed E-state index contributed by atoms with van der Waals surface area (Å²) in [7, 11) is 1.71. The van der Waals surface area contributed by atoms with Crippen molar-refractivity contribution in [3.05, 3.63) is 0 Å². The van der Waals surface area contributed by atoms with E-state index in [1.807, 2.05) is 0 Å². The van der Waals surface area contributed by atoms with Gasteiger partial charge in [-0.05, 0) is 25.8 Å². The molecule has 0 aromatic carbocycles. The van der Waals surface area contributed by atoms with Crippen molar-refractivity contribution < 1.29 is 9.47 Å². The van der Waals surface area contributed by atoms with Gasteiger partial charge in [0.1, 0.15) is 0 Å². The molecule has 1 unspecified atom stereocenters. The molecule has 0 radical (unpaired) electrons. The third-order valence-corrected chi connectivity index (χ3v) is 2.90. The summed E-state index contributed by atoms with van der Waals surface area (Å²) in [6.07, 6.45) is 7.65. The number of hydrogen-bond donors (Lipinski definition) is 1. The first-order valence-corrected chi connectivity index (χ1v) is 7.15. The zero-order valence-electron chi connectivity index (χ0n) is 12.0. The maximum absolute atomic E-state index is 5.44. The largest absolute Gasteiger partial charge is 0.382 e. The van der Waals surface area contributed by atoms with Crippen LogP contribution in [0.5, 0.6) is 0 Å². The van der Waals surface area contributed by atoms with Gasteiger partial charge in [0.15, 0.2) is 0 Å². The van der Waals surface area contributed by atoms with Crippen molar-refractivity contribution >= 4 is 0 Å². The maximum Gasteiger partial charge on any atom is 0.0700 e. The van der Waals surface area contributed by atoms with Crippen LogP contribution in [0.2, 0.25) is 0 Å². The average molecular weight is 245 g/mol. The second-order valence-electron chi connectivity index (χ2n) is 4.50. The SMILES string of the molecule is CCCC(CCCCCOCCOC)NCC. The molecule has 17 heavy (non-hydrogen) atoms. The maximum atomic E-state index is 5.44. The van der Waals surface area contributed by atoms with Crippen LogP contribution in [0.25, 0.3) is 0 Å². The molecule has 0 amide bonds. The van der Waals surface area contributed by atoms with Crippen LogP contribution in [0, 0.1) is 0 Å². The van der Waals surface area contributed by atoms with E-state index in [-0.39, 0.29) is 0 Å². The van der Waals surface area contributed by atoms with Crippen molar-refractivity contribution in [3.63, 3.8) is 0 Å². The van der Waals surface area contributed by atoms with Gasteiger partial charge in [0.2, 0.25) is 0 Å². The van der Waals surface area contributed by atoms with Gasteiger partial charge in [-0.2, -0.15) is 0 Å². The van der Waals surface area contributed by atoms with Crippen molar-refractivity contribution in [2.75, 3.05) is 33.5 Å². The molecule has 0 spiro atoms. The van der Waals surface area contributed by atoms with Gasteiger partial charge in [-0.3, -0.25) is 0 Å². The fourth-order valence-electron chi connectivity index (χ4n) is 2.00. The molecular formula is C14H31NO2. The minimum absolute atomic E-state index is 0.707. The van der Waals surface area contributed by atoms with Crippen LogP contribution < -0.4 is 5.32 Å². The van der Waals surface area contributed by atoms with Crippen LogP contribution in [0.15, 0.2) is 0 Å². The predicted molar refractivity (Wildman–Crippen MR) is 73.5 cm³/mol. The van der Waals surface area contributed by atoms with E-state index < -0.39 is 0 Å². The molecule has 0 rings (SSSR count). The number of unbranched alkanes of at least 4 members (excludes halogenated alkanes) is 2. The zero-order valence-corrected chi connectivity index (χ0v) is 12.0. The molecule has 0 aromatic rings. The highest BCUT2D eigenvalue weighted by molar-refractivity contribution is 4.65. The molecule has 0 fully saturated rings. The first-order valence-electron chi connectivity index (χ1n) is 7.15. The zero-order chi connectivity index (χ0) is 12.8. The van der Waals surface area contributed by atoms with Gasteiger partial charge in [0.25, 0.3) is 0 Å². The van der Waals surface area contributed by atoms with E-state index in [1.165, 1.54) is 38.5 Å². The number of hydrogen-bond acceptors (Lipinski definition) is 3. The number of methoxy groups -OCH3 is 1. The third-order valence-electron chi connectivity index (χ3n) is 2.90. The quantitative estimate of drug-likeness (QED) is 0.506. The third kappa shape index (κ3) is 12.1. The van der Waals surface area contributed by atoms with Crippen molar-refractivity contribution in [3.8, 4) is 0 Å². The van der Waals surface area contributed by atoms with Crippen LogP contribution in [-0.2, 0) is 9.47 Å². The lowest BCUT2D eigenvalue weighted by Gasteiger charge is -2.16. The molecule has 104 valence electrons. The fraction of sp³-hybridized carbons (Fsp3) is 1.00. The Hall–Kier alpha value is -0.120. The highest BCUT2D eigenvalue weighted by atomic mass is 16.5. The van der Waals surface area contributed by atoms with E-state index in [4.69, 9.17) is 9.47 Å². The lowest BCUT2D eigenvalue weighted by atomic mass is 10.0. The summed E-state index contributed by atoms with van der Waals surface area (Å²) in [5.74, 6) is 0. The molecule has 0 aliphatic heterocycles. The Bertz CT molecular complexity index is 136. The Morgan fingerprint density at radius 3 is 2.41 bits per heavy atom. The van der Waals surface area contributed by atoms with Crippen molar-refractivity contribution in [2.45, 2.75) is 58.4 Å². The highest BCUT2D eigenvalue weighted by Gasteiger charge is 2.04. The van der Waals surface area contributed by atoms with Crippen molar-refractivity contribution in [1.29, 1.82) is 0 Å². The summed E-state index contributed by atoms with van der Waals surface area (Å²) in [6.45, 7) is 7.85. The summed E-state index contributed by atoms with van der Waals surface area (Å²) in [5.41, 5.74) is 0. The van der Waals surface area contributed by atoms with Gasteiger partial charge >= 0.3 is 0 Å². The van der Waals surface area contributed by atoms with E-state index in [1.54, 1.807) is 7.11 Å². The van der Waals surface area contributed by atoms with Gasteiger partial charge in [-0.1, -0.05) is 33.1 Å². The second kappa shape index (κ2) is 13.9. The van der Waals surface area contributed by atoms with Crippen LogP contribution >= 0.6 is 0 Å². The fourth-order valence-corrected chi connectivity index (χ4v) is 2.00. The molecule has 1 atom stereocenters. The van der Waals surface area contributed by atoms with Gasteiger partial charge in [0.05, 0.1) is 13.2 Å². The average Bonchev–Trinajstić information content (AvgIpc) is 2.33. The van der Waals surface area contributed by atoms with Gasteiger partial charge < -0.3 is 14.8 Å². The molecule has 0 aromatic heterocycles. The molecule has 0 saturated carbocycles. The summed E-state index contributed by atoms with van der Waals surface area (Å²) in [4.78, 5) is 0. The van der Waals surface area contributed by atoms with E-state index in [0.29, 0.717) is 6.61 Å². The molecule has 3 nitrogen and oxygen atoms in total. The first kappa shape index (κ1) is 16.9. The summed E-state index contributed by atoms with van der Waals surface area (Å²) in [5, 5.41) is 3.55. The Morgan fingerprint density at radius 2 is 1.76 bits per heavy atom. The lowest BCUT2D eigenvalue weighted by molar-refractivity contribution is 0.0685. The summed E-state index contributed by atoms with van der Waals surface area (Å²) < 4.78 is 10.4. The normalized spacial score (nSPS) is 12.9. The number of nitrogens with one attached hydrogen (secondary N) is 1. The van der Waals surface area contributed by atoms with Gasteiger partial charge in [-0.25, -0.2) is 0 Å². The lowest BCUT2D eigenvalue weighted by Crippen LogP contribution is -2.28. The molecule has 0 aliphatic carbocycles. The van der Waals surface area contributed by atoms with Crippen LogP contribution in [-0.4, -0.2) is 39.5 Å². The molecule has 0 heterocycles. The Labute approximate surface area is 107 Å². The first-order chi connectivity index (χ1) is 8.35. The molecular weight excluding hydrogens is 214 g/mol. The monoisotopic (exact) mass is 245 g/mol. The van der Waals surface area contributed by atoms with E-state index in [9.17, 15) is 0 Å². The molecule has 0 bridgehead atoms. The standard InChI is InChI=1S/C14H31NO2/c1-4-9-14(15-5-2)10-7-6-8-11-17-13-12-16-3/h14-15H,4-13H2,1-3H3. The van der Waals surface area contributed by atoms with E-state index in [2.05, 4.69) is 19.2 Å². The minimum atomic E-state index is 0.707. The van der Waals surface area contributed by atoms with Crippen molar-refractivity contribution in [1.82, 2.24) is 5.32 Å². The topological polar surface area (TPSA) is 30.5 Å².